The smallest absolute Gasteiger partial charge is 0.225 e. The topological polar surface area (TPSA) is 65.5 Å². The molecule has 0 aliphatic rings. The Morgan fingerprint density at radius 2 is 1.96 bits per heavy atom. The van der Waals surface area contributed by atoms with Crippen LogP contribution in [0.2, 0.25) is 0 Å². The molecule has 1 aromatic heterocycles. The maximum atomic E-state index is 11.8. The van der Waals surface area contributed by atoms with Crippen LogP contribution in [0, 0.1) is 11.3 Å². The molecule has 1 rings (SSSR count). The lowest BCUT2D eigenvalue weighted by atomic mass is 9.96. The average molecular weight is 339 g/mol. The summed E-state index contributed by atoms with van der Waals surface area (Å²) in [6, 6.07) is 4.26. The van der Waals surface area contributed by atoms with E-state index in [2.05, 4.69) is 45.4 Å². The lowest BCUT2D eigenvalue weighted by Gasteiger charge is -2.19. The summed E-state index contributed by atoms with van der Waals surface area (Å²) in [5.41, 5.74) is -0.350. The minimum Gasteiger partial charge on any atom is -0.356 e. The van der Waals surface area contributed by atoms with Gasteiger partial charge in [-0.3, -0.25) is 9.79 Å². The lowest BCUT2D eigenvalue weighted by Crippen LogP contribution is -2.44. The van der Waals surface area contributed by atoms with E-state index >= 15 is 0 Å². The van der Waals surface area contributed by atoms with Crippen LogP contribution < -0.4 is 16.0 Å². The summed E-state index contributed by atoms with van der Waals surface area (Å²) in [6.07, 6.45) is 1.07. The summed E-state index contributed by atoms with van der Waals surface area (Å²) >= 11 is 1.80. The van der Waals surface area contributed by atoms with Crippen molar-refractivity contribution in [2.45, 2.75) is 34.1 Å². The number of thiophene rings is 1. The van der Waals surface area contributed by atoms with Gasteiger partial charge in [0.2, 0.25) is 5.91 Å². The molecule has 130 valence electrons. The third-order valence-corrected chi connectivity index (χ3v) is 4.25. The number of nitrogens with one attached hydrogen (secondary N) is 3. The predicted molar refractivity (Wildman–Crippen MR) is 99.0 cm³/mol. The van der Waals surface area contributed by atoms with E-state index in [9.17, 15) is 4.79 Å². The van der Waals surface area contributed by atoms with Crippen LogP contribution in [-0.2, 0) is 11.2 Å². The Hall–Kier alpha value is -1.56. The van der Waals surface area contributed by atoms with Gasteiger partial charge in [0.05, 0.1) is 0 Å². The summed E-state index contributed by atoms with van der Waals surface area (Å²) in [5.74, 6) is 1.37. The molecule has 0 bridgehead atoms. The Kier molecular flexibility index (Phi) is 8.09. The molecule has 5 nitrogen and oxygen atoms in total. The number of hydrogen-bond donors (Lipinski definition) is 3. The van der Waals surface area contributed by atoms with Crippen molar-refractivity contribution in [2.24, 2.45) is 16.3 Å². The predicted octanol–water partition coefficient (Wildman–Crippen LogP) is 2.25. The van der Waals surface area contributed by atoms with Gasteiger partial charge in [-0.05, 0) is 23.8 Å². The Morgan fingerprint density at radius 1 is 1.26 bits per heavy atom. The Balaban J connectivity index is 2.20. The van der Waals surface area contributed by atoms with Crippen LogP contribution in [0.15, 0.2) is 22.5 Å². The van der Waals surface area contributed by atoms with Gasteiger partial charge in [0.25, 0.3) is 0 Å². The molecular weight excluding hydrogens is 308 g/mol. The molecule has 0 saturated carbocycles. The molecule has 0 aromatic carbocycles. The second-order valence-electron chi connectivity index (χ2n) is 6.77. The van der Waals surface area contributed by atoms with Crippen LogP contribution in [0.3, 0.4) is 0 Å². The largest absolute Gasteiger partial charge is 0.356 e. The highest BCUT2D eigenvalue weighted by atomic mass is 32.1. The molecular formula is C17H30N4OS. The van der Waals surface area contributed by atoms with Gasteiger partial charge in [-0.2, -0.15) is 0 Å². The number of guanidine groups is 1. The lowest BCUT2D eigenvalue weighted by molar-refractivity contribution is -0.128. The molecule has 23 heavy (non-hydrogen) atoms. The number of carbonyl (C=O) groups is 1. The van der Waals surface area contributed by atoms with E-state index in [-0.39, 0.29) is 11.3 Å². The third-order valence-electron chi connectivity index (χ3n) is 3.36. The van der Waals surface area contributed by atoms with E-state index in [1.807, 2.05) is 20.8 Å². The fraction of sp³-hybridized carbons (Fsp3) is 0.647. The minimum absolute atomic E-state index is 0.0619. The molecule has 1 aromatic rings. The van der Waals surface area contributed by atoms with E-state index in [1.165, 1.54) is 4.88 Å². The number of rotatable bonds is 7. The van der Waals surface area contributed by atoms with Crippen LogP contribution in [0.5, 0.6) is 0 Å². The molecule has 1 heterocycles. The van der Waals surface area contributed by atoms with Crippen molar-refractivity contribution in [3.8, 4) is 0 Å². The molecule has 0 aliphatic heterocycles. The van der Waals surface area contributed by atoms with Crippen LogP contribution in [0.4, 0.5) is 0 Å². The first kappa shape index (κ1) is 19.5. The second kappa shape index (κ2) is 9.55. The Morgan fingerprint density at radius 3 is 2.52 bits per heavy atom. The fourth-order valence-corrected chi connectivity index (χ4v) is 2.83. The molecule has 0 aliphatic carbocycles. The first-order chi connectivity index (χ1) is 10.8. The highest BCUT2D eigenvalue weighted by Crippen LogP contribution is 2.13. The zero-order chi connectivity index (χ0) is 17.3. The number of amides is 1. The summed E-state index contributed by atoms with van der Waals surface area (Å²) in [7, 11) is 1.76. The van der Waals surface area contributed by atoms with Gasteiger partial charge in [-0.15, -0.1) is 11.3 Å². The van der Waals surface area contributed by atoms with Crippen molar-refractivity contribution in [1.29, 1.82) is 0 Å². The molecule has 1 amide bonds. The van der Waals surface area contributed by atoms with Crippen molar-refractivity contribution >= 4 is 23.2 Å². The van der Waals surface area contributed by atoms with E-state index in [0.717, 1.165) is 18.9 Å². The summed E-state index contributed by atoms with van der Waals surface area (Å²) in [5, 5.41) is 11.6. The second-order valence-corrected chi connectivity index (χ2v) is 7.81. The average Bonchev–Trinajstić information content (AvgIpc) is 2.98. The maximum Gasteiger partial charge on any atom is 0.225 e. The van der Waals surface area contributed by atoms with Gasteiger partial charge in [-0.1, -0.05) is 33.8 Å². The monoisotopic (exact) mass is 338 g/mol. The van der Waals surface area contributed by atoms with Crippen LogP contribution in [-0.4, -0.2) is 38.5 Å². The van der Waals surface area contributed by atoms with Gasteiger partial charge >= 0.3 is 0 Å². The number of nitrogens with zero attached hydrogens (tertiary/aromatic N) is 1. The maximum absolute atomic E-state index is 11.8. The molecule has 3 N–H and O–H groups in total. The van der Waals surface area contributed by atoms with E-state index < -0.39 is 0 Å². The fourth-order valence-electron chi connectivity index (χ4n) is 1.96. The normalized spacial score (nSPS) is 13.5. The first-order valence-electron chi connectivity index (χ1n) is 8.08. The highest BCUT2D eigenvalue weighted by molar-refractivity contribution is 7.09. The highest BCUT2D eigenvalue weighted by Gasteiger charge is 2.20. The van der Waals surface area contributed by atoms with Gasteiger partial charge in [0.1, 0.15) is 0 Å². The summed E-state index contributed by atoms with van der Waals surface area (Å²) in [6.45, 7) is 10.1. The zero-order valence-electron chi connectivity index (χ0n) is 14.9. The Labute approximate surface area is 144 Å². The zero-order valence-corrected chi connectivity index (χ0v) is 15.7. The SMILES string of the molecule is CN=C(NCCNC(=O)C(C)(C)C)NCC(C)Cc1cccs1. The number of hydrogen-bond acceptors (Lipinski definition) is 3. The van der Waals surface area contributed by atoms with Crippen LogP contribution >= 0.6 is 11.3 Å². The van der Waals surface area contributed by atoms with Crippen molar-refractivity contribution in [2.75, 3.05) is 26.7 Å². The molecule has 1 atom stereocenters. The van der Waals surface area contributed by atoms with E-state index in [4.69, 9.17) is 0 Å². The quantitative estimate of drug-likeness (QED) is 0.406. The molecule has 6 heteroatoms. The van der Waals surface area contributed by atoms with Crippen LogP contribution in [0.1, 0.15) is 32.6 Å². The number of carbonyl (C=O) groups excluding carboxylic acids is 1. The molecule has 0 spiro atoms. The van der Waals surface area contributed by atoms with Crippen LogP contribution in [0.25, 0.3) is 0 Å². The number of aliphatic imine (C=N–C) groups is 1. The molecule has 1 unspecified atom stereocenters. The molecule has 0 saturated heterocycles. The van der Waals surface area contributed by atoms with Crippen molar-refractivity contribution in [3.63, 3.8) is 0 Å². The van der Waals surface area contributed by atoms with E-state index in [0.29, 0.717) is 19.0 Å². The van der Waals surface area contributed by atoms with Crippen molar-refractivity contribution in [1.82, 2.24) is 16.0 Å². The Bertz CT molecular complexity index is 491. The summed E-state index contributed by atoms with van der Waals surface area (Å²) < 4.78 is 0. The van der Waals surface area contributed by atoms with Gasteiger partial charge in [-0.25, -0.2) is 0 Å². The van der Waals surface area contributed by atoms with Crippen molar-refractivity contribution < 1.29 is 4.79 Å². The standard InChI is InChI=1S/C17H30N4OS/c1-13(11-14-7-6-10-23-14)12-21-16(18-5)20-9-8-19-15(22)17(2,3)4/h6-7,10,13H,8-9,11-12H2,1-5H3,(H,19,22)(H2,18,20,21). The van der Waals surface area contributed by atoms with Crippen molar-refractivity contribution in [3.05, 3.63) is 22.4 Å². The first-order valence-corrected chi connectivity index (χ1v) is 8.96. The minimum atomic E-state index is -0.350. The van der Waals surface area contributed by atoms with Gasteiger partial charge < -0.3 is 16.0 Å². The summed E-state index contributed by atoms with van der Waals surface area (Å²) in [4.78, 5) is 17.4. The van der Waals surface area contributed by atoms with Gasteiger partial charge in [0, 0.05) is 37.0 Å². The third kappa shape index (κ3) is 8.02. The van der Waals surface area contributed by atoms with Gasteiger partial charge in [0.15, 0.2) is 5.96 Å². The molecule has 0 radical (unpaired) electrons. The van der Waals surface area contributed by atoms with E-state index in [1.54, 1.807) is 18.4 Å². The molecule has 0 fully saturated rings.